The summed E-state index contributed by atoms with van der Waals surface area (Å²) in [5.41, 5.74) is 2.29. The molecule has 178 valence electrons. The van der Waals surface area contributed by atoms with Gasteiger partial charge in [-0.1, -0.05) is 42.5 Å². The van der Waals surface area contributed by atoms with Gasteiger partial charge in [0.2, 0.25) is 5.95 Å². The fourth-order valence-electron chi connectivity index (χ4n) is 3.69. The number of rotatable bonds is 7. The minimum atomic E-state index is -0.389. The summed E-state index contributed by atoms with van der Waals surface area (Å²) in [5.74, 6) is 1.59. The number of aliphatic imine (C=N–C) groups is 1. The molecule has 0 saturated carbocycles. The average Bonchev–Trinajstić information content (AvgIpc) is 2.87. The van der Waals surface area contributed by atoms with Crippen LogP contribution in [-0.2, 0) is 13.0 Å². The largest absolute Gasteiger partial charge is 0.356 e. The highest BCUT2D eigenvalue weighted by Gasteiger charge is 2.21. The smallest absolute Gasteiger partial charge is 0.269 e. The molecule has 0 spiro atoms. The number of anilines is 1. The van der Waals surface area contributed by atoms with E-state index in [2.05, 4.69) is 37.2 Å². The molecule has 1 fully saturated rings. The topological polar surface area (TPSA) is 99.8 Å². The molecule has 0 bridgehead atoms. The molecular weight excluding hydrogens is 545 g/mol. The lowest BCUT2D eigenvalue weighted by atomic mass is 10.1. The maximum atomic E-state index is 10.9. The fourth-order valence-corrected chi connectivity index (χ4v) is 3.69. The van der Waals surface area contributed by atoms with Crippen LogP contribution in [-0.4, -0.2) is 58.5 Å². The molecule has 1 aromatic heterocycles. The molecule has 2 aromatic carbocycles. The number of nitro groups is 1. The van der Waals surface area contributed by atoms with Crippen LogP contribution in [0.3, 0.4) is 0 Å². The van der Waals surface area contributed by atoms with Gasteiger partial charge in [-0.25, -0.2) is 15.0 Å². The molecule has 10 heteroatoms. The second-order valence-electron chi connectivity index (χ2n) is 7.75. The van der Waals surface area contributed by atoms with Crippen molar-refractivity contribution in [2.75, 3.05) is 37.6 Å². The molecule has 0 aliphatic carbocycles. The van der Waals surface area contributed by atoms with Crippen LogP contribution in [0.2, 0.25) is 0 Å². The summed E-state index contributed by atoms with van der Waals surface area (Å²) >= 11 is 0. The Kier molecular flexibility index (Phi) is 9.56. The summed E-state index contributed by atoms with van der Waals surface area (Å²) in [5, 5.41) is 14.4. The van der Waals surface area contributed by atoms with Gasteiger partial charge in [-0.05, 0) is 23.6 Å². The van der Waals surface area contributed by atoms with Gasteiger partial charge in [0.1, 0.15) is 0 Å². The highest BCUT2D eigenvalue weighted by molar-refractivity contribution is 14.0. The van der Waals surface area contributed by atoms with Gasteiger partial charge in [0.25, 0.3) is 5.69 Å². The van der Waals surface area contributed by atoms with Crippen LogP contribution in [0.4, 0.5) is 11.6 Å². The highest BCUT2D eigenvalue weighted by atomic mass is 127. The predicted molar refractivity (Wildman–Crippen MR) is 144 cm³/mol. The van der Waals surface area contributed by atoms with Gasteiger partial charge >= 0.3 is 0 Å². The molecule has 1 aliphatic heterocycles. The van der Waals surface area contributed by atoms with Gasteiger partial charge in [0.15, 0.2) is 5.96 Å². The van der Waals surface area contributed by atoms with E-state index >= 15 is 0 Å². The molecule has 4 rings (SSSR count). The third-order valence-corrected chi connectivity index (χ3v) is 5.51. The Hall–Kier alpha value is -3.28. The van der Waals surface area contributed by atoms with Gasteiger partial charge < -0.3 is 15.1 Å². The lowest BCUT2D eigenvalue weighted by Gasteiger charge is -2.36. The van der Waals surface area contributed by atoms with Crippen molar-refractivity contribution in [2.45, 2.75) is 13.0 Å². The van der Waals surface area contributed by atoms with Crippen molar-refractivity contribution in [1.82, 2.24) is 20.2 Å². The maximum Gasteiger partial charge on any atom is 0.269 e. The number of nitrogens with zero attached hydrogens (tertiary/aromatic N) is 6. The van der Waals surface area contributed by atoms with E-state index in [-0.39, 0.29) is 34.6 Å². The number of nitrogens with one attached hydrogen (secondary N) is 1. The molecule has 34 heavy (non-hydrogen) atoms. The third-order valence-electron chi connectivity index (χ3n) is 5.51. The van der Waals surface area contributed by atoms with Crippen LogP contribution in [0.1, 0.15) is 11.1 Å². The summed E-state index contributed by atoms with van der Waals surface area (Å²) in [4.78, 5) is 28.5. The van der Waals surface area contributed by atoms with Crippen LogP contribution in [0.25, 0.3) is 0 Å². The van der Waals surface area contributed by atoms with Crippen LogP contribution < -0.4 is 10.2 Å². The van der Waals surface area contributed by atoms with Crippen LogP contribution in [0.5, 0.6) is 0 Å². The number of hydrogen-bond acceptors (Lipinski definition) is 6. The Morgan fingerprint density at radius 1 is 0.941 bits per heavy atom. The normalized spacial score (nSPS) is 13.8. The summed E-state index contributed by atoms with van der Waals surface area (Å²) < 4.78 is 0. The maximum absolute atomic E-state index is 10.9. The summed E-state index contributed by atoms with van der Waals surface area (Å²) in [6, 6.07) is 18.7. The van der Waals surface area contributed by atoms with Crippen molar-refractivity contribution in [2.24, 2.45) is 4.99 Å². The summed E-state index contributed by atoms with van der Waals surface area (Å²) in [6.07, 6.45) is 4.42. The number of guanidine groups is 1. The number of hydrogen-bond donors (Lipinski definition) is 1. The molecule has 1 saturated heterocycles. The second-order valence-corrected chi connectivity index (χ2v) is 7.75. The van der Waals surface area contributed by atoms with Crippen LogP contribution in [0.15, 0.2) is 78.0 Å². The van der Waals surface area contributed by atoms with Crippen molar-refractivity contribution < 1.29 is 4.92 Å². The van der Waals surface area contributed by atoms with Crippen molar-refractivity contribution in [3.05, 3.63) is 94.3 Å². The van der Waals surface area contributed by atoms with E-state index in [0.29, 0.717) is 6.54 Å². The Bertz CT molecular complexity index is 1060. The van der Waals surface area contributed by atoms with Crippen molar-refractivity contribution in [3.63, 3.8) is 0 Å². The Balaban J connectivity index is 0.00000324. The van der Waals surface area contributed by atoms with Gasteiger partial charge in [0, 0.05) is 57.3 Å². The highest BCUT2D eigenvalue weighted by Crippen LogP contribution is 2.14. The van der Waals surface area contributed by atoms with E-state index in [0.717, 1.165) is 56.6 Å². The van der Waals surface area contributed by atoms with Crippen molar-refractivity contribution in [1.29, 1.82) is 0 Å². The number of piperazine rings is 1. The molecule has 1 N–H and O–H groups in total. The molecule has 3 aromatic rings. The number of aromatic nitrogens is 2. The summed E-state index contributed by atoms with van der Waals surface area (Å²) in [6.45, 7) is 4.44. The van der Waals surface area contributed by atoms with Gasteiger partial charge in [0.05, 0.1) is 11.5 Å². The zero-order valence-electron chi connectivity index (χ0n) is 18.8. The van der Waals surface area contributed by atoms with E-state index in [9.17, 15) is 10.1 Å². The minimum Gasteiger partial charge on any atom is -0.356 e. The zero-order valence-corrected chi connectivity index (χ0v) is 21.1. The lowest BCUT2D eigenvalue weighted by Crippen LogP contribution is -2.53. The molecule has 0 unspecified atom stereocenters. The molecule has 0 radical (unpaired) electrons. The van der Waals surface area contributed by atoms with Gasteiger partial charge in [-0.15, -0.1) is 24.0 Å². The van der Waals surface area contributed by atoms with E-state index in [4.69, 9.17) is 4.99 Å². The molecule has 0 amide bonds. The first-order chi connectivity index (χ1) is 16.2. The SMILES string of the molecule is I.O=[N+]([O-])c1ccc(CN=C(NCCc2ccccc2)N2CCN(c3ncccn3)CC2)cc1. The molecular formula is C24H28IN7O2. The quantitative estimate of drug-likeness (QED) is 0.152. The first kappa shape index (κ1) is 25.3. The number of benzene rings is 2. The first-order valence-corrected chi connectivity index (χ1v) is 11.0. The van der Waals surface area contributed by atoms with Crippen molar-refractivity contribution >= 4 is 41.6 Å². The van der Waals surface area contributed by atoms with Gasteiger partial charge in [-0.2, -0.15) is 0 Å². The molecule has 0 atom stereocenters. The average molecular weight is 573 g/mol. The number of nitro benzene ring substituents is 1. The summed E-state index contributed by atoms with van der Waals surface area (Å²) in [7, 11) is 0. The molecule has 1 aliphatic rings. The fraction of sp³-hybridized carbons (Fsp3) is 0.292. The lowest BCUT2D eigenvalue weighted by molar-refractivity contribution is -0.384. The Labute approximate surface area is 216 Å². The van der Waals surface area contributed by atoms with Crippen molar-refractivity contribution in [3.8, 4) is 0 Å². The third kappa shape index (κ3) is 7.11. The van der Waals surface area contributed by atoms with Crippen LogP contribution >= 0.6 is 24.0 Å². The van der Waals surface area contributed by atoms with E-state index in [1.165, 1.54) is 17.7 Å². The van der Waals surface area contributed by atoms with E-state index < -0.39 is 0 Å². The minimum absolute atomic E-state index is 0. The zero-order chi connectivity index (χ0) is 22.9. The van der Waals surface area contributed by atoms with Gasteiger partial charge in [-0.3, -0.25) is 10.1 Å². The standard InChI is InChI=1S/C24H27N7O2.HI/c32-31(33)22-9-7-21(8-10-22)19-28-24(27-14-11-20-5-2-1-3-6-20)30-17-15-29(16-18-30)23-25-12-4-13-26-23;/h1-10,12-13H,11,14-19H2,(H,27,28);1H. The number of non-ortho nitro benzene ring substituents is 1. The Morgan fingerprint density at radius 2 is 1.62 bits per heavy atom. The van der Waals surface area contributed by atoms with E-state index in [1.54, 1.807) is 24.5 Å². The predicted octanol–water partition coefficient (Wildman–Crippen LogP) is 3.51. The van der Waals surface area contributed by atoms with E-state index in [1.807, 2.05) is 24.3 Å². The second kappa shape index (κ2) is 12.8. The van der Waals surface area contributed by atoms with Crippen LogP contribution in [0, 0.1) is 10.1 Å². The monoisotopic (exact) mass is 573 g/mol. The Morgan fingerprint density at radius 3 is 2.26 bits per heavy atom. The first-order valence-electron chi connectivity index (χ1n) is 11.0. The molecule has 2 heterocycles. The molecule has 9 nitrogen and oxygen atoms in total. The number of halogens is 1.